The number of carbonyl (C=O) groups is 1. The van der Waals surface area contributed by atoms with Gasteiger partial charge in [0.15, 0.2) is 0 Å². The van der Waals surface area contributed by atoms with E-state index < -0.39 is 0 Å². The molecule has 0 bridgehead atoms. The molecule has 1 amide bonds. The van der Waals surface area contributed by atoms with Crippen molar-refractivity contribution in [2.75, 3.05) is 13.1 Å². The lowest BCUT2D eigenvalue weighted by atomic mass is 10.3. The third-order valence-corrected chi connectivity index (χ3v) is 2.51. The van der Waals surface area contributed by atoms with Crippen LogP contribution < -0.4 is 5.73 Å². The fourth-order valence-corrected chi connectivity index (χ4v) is 1.56. The van der Waals surface area contributed by atoms with Gasteiger partial charge in [0.05, 0.1) is 6.04 Å². The highest BCUT2D eigenvalue weighted by atomic mass is 16.2. The predicted molar refractivity (Wildman–Crippen MR) is 41.9 cm³/mol. The second-order valence-electron chi connectivity index (χ2n) is 3.62. The van der Waals surface area contributed by atoms with Crippen LogP contribution in [0, 0.1) is 5.92 Å². The van der Waals surface area contributed by atoms with Gasteiger partial charge in [-0.05, 0) is 25.2 Å². The fraction of sp³-hybridized carbons (Fsp3) is 0.875. The van der Waals surface area contributed by atoms with E-state index in [0.29, 0.717) is 0 Å². The van der Waals surface area contributed by atoms with Crippen LogP contribution in [0.4, 0.5) is 0 Å². The van der Waals surface area contributed by atoms with E-state index in [2.05, 4.69) is 0 Å². The van der Waals surface area contributed by atoms with Gasteiger partial charge in [0.2, 0.25) is 5.91 Å². The van der Waals surface area contributed by atoms with E-state index >= 15 is 0 Å². The van der Waals surface area contributed by atoms with Gasteiger partial charge >= 0.3 is 0 Å². The van der Waals surface area contributed by atoms with Crippen LogP contribution >= 0.6 is 0 Å². The van der Waals surface area contributed by atoms with Crippen molar-refractivity contribution in [2.24, 2.45) is 11.7 Å². The molecule has 2 aliphatic rings. The van der Waals surface area contributed by atoms with Crippen molar-refractivity contribution >= 4 is 5.91 Å². The smallest absolute Gasteiger partial charge is 0.239 e. The number of rotatable bonds is 2. The predicted octanol–water partition coefficient (Wildman–Crippen LogP) is -0.0440. The summed E-state index contributed by atoms with van der Waals surface area (Å²) < 4.78 is 0. The van der Waals surface area contributed by atoms with Crippen molar-refractivity contribution in [3.05, 3.63) is 0 Å². The van der Waals surface area contributed by atoms with Crippen LogP contribution in [0.1, 0.15) is 19.3 Å². The Morgan fingerprint density at radius 1 is 1.45 bits per heavy atom. The van der Waals surface area contributed by atoms with Gasteiger partial charge in [-0.1, -0.05) is 0 Å². The highest BCUT2D eigenvalue weighted by molar-refractivity contribution is 5.83. The summed E-state index contributed by atoms with van der Waals surface area (Å²) in [6, 6.07) is -0.200. The van der Waals surface area contributed by atoms with E-state index in [0.717, 1.165) is 25.4 Å². The van der Waals surface area contributed by atoms with E-state index in [1.807, 2.05) is 4.90 Å². The van der Waals surface area contributed by atoms with Crippen LogP contribution in [-0.4, -0.2) is 29.9 Å². The van der Waals surface area contributed by atoms with Crippen molar-refractivity contribution in [1.29, 1.82) is 0 Å². The van der Waals surface area contributed by atoms with E-state index in [4.69, 9.17) is 5.73 Å². The molecule has 1 aliphatic heterocycles. The molecule has 0 aromatic heterocycles. The first-order valence-electron chi connectivity index (χ1n) is 4.32. The lowest BCUT2D eigenvalue weighted by molar-refractivity contribution is -0.128. The Kier molecular flexibility index (Phi) is 1.60. The molecule has 1 aliphatic carbocycles. The van der Waals surface area contributed by atoms with Gasteiger partial charge in [0.25, 0.3) is 0 Å². The number of amides is 1. The molecule has 2 fully saturated rings. The SMILES string of the molecule is NC1CCN(CC2CC2)C1=O. The maximum Gasteiger partial charge on any atom is 0.239 e. The van der Waals surface area contributed by atoms with Crippen molar-refractivity contribution in [2.45, 2.75) is 25.3 Å². The zero-order chi connectivity index (χ0) is 7.84. The molecule has 1 heterocycles. The summed E-state index contributed by atoms with van der Waals surface area (Å²) in [5.41, 5.74) is 5.57. The van der Waals surface area contributed by atoms with Crippen molar-refractivity contribution in [1.82, 2.24) is 4.90 Å². The minimum atomic E-state index is -0.200. The van der Waals surface area contributed by atoms with Crippen LogP contribution in [-0.2, 0) is 4.79 Å². The minimum Gasteiger partial charge on any atom is -0.341 e. The third-order valence-electron chi connectivity index (χ3n) is 2.51. The molecule has 1 saturated heterocycles. The first kappa shape index (κ1) is 7.10. The zero-order valence-electron chi connectivity index (χ0n) is 6.62. The molecule has 11 heavy (non-hydrogen) atoms. The van der Waals surface area contributed by atoms with Crippen LogP contribution in [0.2, 0.25) is 0 Å². The Morgan fingerprint density at radius 2 is 2.18 bits per heavy atom. The molecule has 1 unspecified atom stereocenters. The van der Waals surface area contributed by atoms with Gasteiger partial charge < -0.3 is 10.6 Å². The minimum absolute atomic E-state index is 0.164. The topological polar surface area (TPSA) is 46.3 Å². The van der Waals surface area contributed by atoms with Crippen molar-refractivity contribution in [3.63, 3.8) is 0 Å². The molecule has 0 aromatic rings. The monoisotopic (exact) mass is 154 g/mol. The Morgan fingerprint density at radius 3 is 2.64 bits per heavy atom. The Bertz CT molecular complexity index is 177. The standard InChI is InChI=1S/C8H14N2O/c9-7-3-4-10(8(7)11)5-6-1-2-6/h6-7H,1-5,9H2. The molecule has 3 heteroatoms. The van der Waals surface area contributed by atoms with Gasteiger partial charge in [-0.2, -0.15) is 0 Å². The molecule has 0 aromatic carbocycles. The Labute approximate surface area is 66.5 Å². The van der Waals surface area contributed by atoms with E-state index in [-0.39, 0.29) is 11.9 Å². The number of carbonyl (C=O) groups excluding carboxylic acids is 1. The Balaban J connectivity index is 1.88. The average molecular weight is 154 g/mol. The first-order chi connectivity index (χ1) is 5.27. The number of hydrogen-bond donors (Lipinski definition) is 1. The normalized spacial score (nSPS) is 31.5. The van der Waals surface area contributed by atoms with E-state index in [1.165, 1.54) is 12.8 Å². The molecule has 1 atom stereocenters. The summed E-state index contributed by atoms with van der Waals surface area (Å²) in [5.74, 6) is 0.959. The Hall–Kier alpha value is -0.570. The summed E-state index contributed by atoms with van der Waals surface area (Å²) in [7, 11) is 0. The van der Waals surface area contributed by atoms with Gasteiger partial charge in [-0.3, -0.25) is 4.79 Å². The third kappa shape index (κ3) is 1.38. The average Bonchev–Trinajstić information content (AvgIpc) is 2.74. The summed E-state index contributed by atoms with van der Waals surface area (Å²) in [4.78, 5) is 13.2. The lowest BCUT2D eigenvalue weighted by Crippen LogP contribution is -2.35. The van der Waals surface area contributed by atoms with Crippen molar-refractivity contribution < 1.29 is 4.79 Å². The zero-order valence-corrected chi connectivity index (χ0v) is 6.62. The van der Waals surface area contributed by atoms with E-state index in [1.54, 1.807) is 0 Å². The summed E-state index contributed by atoms with van der Waals surface area (Å²) in [6.45, 7) is 1.85. The molecular formula is C8H14N2O. The van der Waals surface area contributed by atoms with Crippen molar-refractivity contribution in [3.8, 4) is 0 Å². The number of nitrogens with two attached hydrogens (primary N) is 1. The molecule has 0 radical (unpaired) electrons. The molecule has 2 N–H and O–H groups in total. The van der Waals surface area contributed by atoms with Crippen LogP contribution in [0.3, 0.4) is 0 Å². The highest BCUT2D eigenvalue weighted by Gasteiger charge is 2.32. The molecule has 1 saturated carbocycles. The van der Waals surface area contributed by atoms with E-state index in [9.17, 15) is 4.79 Å². The largest absolute Gasteiger partial charge is 0.341 e. The van der Waals surface area contributed by atoms with Crippen LogP contribution in [0.15, 0.2) is 0 Å². The lowest BCUT2D eigenvalue weighted by Gasteiger charge is -2.14. The summed E-state index contributed by atoms with van der Waals surface area (Å²) in [5, 5.41) is 0. The van der Waals surface area contributed by atoms with Gasteiger partial charge in [0.1, 0.15) is 0 Å². The quantitative estimate of drug-likeness (QED) is 0.606. The summed E-state index contributed by atoms with van der Waals surface area (Å²) in [6.07, 6.45) is 3.46. The molecule has 3 nitrogen and oxygen atoms in total. The maximum absolute atomic E-state index is 11.3. The summed E-state index contributed by atoms with van der Waals surface area (Å²) >= 11 is 0. The van der Waals surface area contributed by atoms with Crippen LogP contribution in [0.25, 0.3) is 0 Å². The highest BCUT2D eigenvalue weighted by Crippen LogP contribution is 2.30. The number of likely N-dealkylation sites (tertiary alicyclic amines) is 1. The van der Waals surface area contributed by atoms with Crippen LogP contribution in [0.5, 0.6) is 0 Å². The first-order valence-corrected chi connectivity index (χ1v) is 4.32. The second-order valence-corrected chi connectivity index (χ2v) is 3.62. The number of nitrogens with zero attached hydrogens (tertiary/aromatic N) is 1. The number of hydrogen-bond acceptors (Lipinski definition) is 2. The maximum atomic E-state index is 11.3. The molecular weight excluding hydrogens is 140 g/mol. The molecule has 62 valence electrons. The van der Waals surface area contributed by atoms with Gasteiger partial charge in [0, 0.05) is 13.1 Å². The van der Waals surface area contributed by atoms with Gasteiger partial charge in [-0.25, -0.2) is 0 Å². The fourth-order valence-electron chi connectivity index (χ4n) is 1.56. The molecule has 0 spiro atoms. The second kappa shape index (κ2) is 2.48. The van der Waals surface area contributed by atoms with Gasteiger partial charge in [-0.15, -0.1) is 0 Å². The molecule has 2 rings (SSSR count).